The van der Waals surface area contributed by atoms with E-state index in [4.69, 9.17) is 5.26 Å². The van der Waals surface area contributed by atoms with Crippen LogP contribution in [0.4, 0.5) is 0 Å². The van der Waals surface area contributed by atoms with Gasteiger partial charge < -0.3 is 10.2 Å². The maximum atomic E-state index is 8.95. The second-order valence-corrected chi connectivity index (χ2v) is 6.04. The van der Waals surface area contributed by atoms with E-state index in [1.807, 2.05) is 13.8 Å². The molecule has 2 heterocycles. The summed E-state index contributed by atoms with van der Waals surface area (Å²) in [6, 6.07) is 2.38. The summed E-state index contributed by atoms with van der Waals surface area (Å²) in [6.07, 6.45) is 2.18. The standard InChI is InChI=1S/C13H23N3/c1-13(2,10-14)4-3-5-16-8-11-6-15-7-12(11)9-16/h11-12,15H,3-9H2,1-2H3/t11-,12+. The van der Waals surface area contributed by atoms with E-state index in [9.17, 15) is 0 Å². The zero-order valence-corrected chi connectivity index (χ0v) is 10.5. The fourth-order valence-electron chi connectivity index (χ4n) is 2.94. The Balaban J connectivity index is 1.67. The van der Waals surface area contributed by atoms with Gasteiger partial charge in [-0.2, -0.15) is 5.26 Å². The topological polar surface area (TPSA) is 39.1 Å². The minimum atomic E-state index is -0.142. The number of likely N-dealkylation sites (tertiary alicyclic amines) is 1. The highest BCUT2D eigenvalue weighted by Crippen LogP contribution is 2.27. The van der Waals surface area contributed by atoms with Gasteiger partial charge in [-0.15, -0.1) is 0 Å². The molecule has 0 unspecified atom stereocenters. The Kier molecular flexibility index (Phi) is 3.51. The first-order chi connectivity index (χ1) is 7.61. The minimum Gasteiger partial charge on any atom is -0.316 e. The lowest BCUT2D eigenvalue weighted by atomic mass is 9.90. The molecule has 2 aliphatic heterocycles. The molecule has 2 fully saturated rings. The van der Waals surface area contributed by atoms with E-state index in [1.165, 1.54) is 32.7 Å². The number of nitriles is 1. The molecule has 3 heteroatoms. The molecule has 0 saturated carbocycles. The molecule has 90 valence electrons. The molecule has 0 radical (unpaired) electrons. The van der Waals surface area contributed by atoms with Gasteiger partial charge >= 0.3 is 0 Å². The molecule has 16 heavy (non-hydrogen) atoms. The molecule has 2 rings (SSSR count). The van der Waals surface area contributed by atoms with Gasteiger partial charge in [0.05, 0.1) is 11.5 Å². The molecule has 1 N–H and O–H groups in total. The molecule has 0 bridgehead atoms. The monoisotopic (exact) mass is 221 g/mol. The van der Waals surface area contributed by atoms with Crippen LogP contribution in [-0.2, 0) is 0 Å². The third-order valence-electron chi connectivity index (χ3n) is 4.04. The van der Waals surface area contributed by atoms with Gasteiger partial charge in [-0.05, 0) is 58.2 Å². The Hall–Kier alpha value is -0.590. The summed E-state index contributed by atoms with van der Waals surface area (Å²) in [5.74, 6) is 1.79. The summed E-state index contributed by atoms with van der Waals surface area (Å²) in [5.41, 5.74) is -0.142. The molecule has 0 aromatic heterocycles. The smallest absolute Gasteiger partial charge is 0.0683 e. The molecule has 2 aliphatic rings. The molecule has 0 aromatic carbocycles. The van der Waals surface area contributed by atoms with E-state index in [-0.39, 0.29) is 5.41 Å². The third kappa shape index (κ3) is 2.75. The highest BCUT2D eigenvalue weighted by molar-refractivity contribution is 4.93. The summed E-state index contributed by atoms with van der Waals surface area (Å²) in [4.78, 5) is 2.59. The van der Waals surface area contributed by atoms with Crippen molar-refractivity contribution in [2.24, 2.45) is 17.3 Å². The molecule has 0 aromatic rings. The zero-order valence-electron chi connectivity index (χ0n) is 10.5. The number of fused-ring (bicyclic) bond motifs is 1. The van der Waals surface area contributed by atoms with Crippen molar-refractivity contribution in [2.75, 3.05) is 32.7 Å². The lowest BCUT2D eigenvalue weighted by Gasteiger charge is -2.20. The molecule has 2 atom stereocenters. The molecule has 2 saturated heterocycles. The van der Waals surface area contributed by atoms with Crippen molar-refractivity contribution in [3.8, 4) is 6.07 Å². The fourth-order valence-corrected chi connectivity index (χ4v) is 2.94. The average Bonchev–Trinajstić information content (AvgIpc) is 2.77. The Bertz CT molecular complexity index is 267. The SMILES string of the molecule is CC(C)(C#N)CCCN1C[C@H]2CNC[C@H]2C1. The number of nitrogens with zero attached hydrogens (tertiary/aromatic N) is 2. The van der Waals surface area contributed by atoms with Crippen LogP contribution in [0.15, 0.2) is 0 Å². The highest BCUT2D eigenvalue weighted by Gasteiger charge is 2.35. The van der Waals surface area contributed by atoms with Crippen molar-refractivity contribution in [1.82, 2.24) is 10.2 Å². The van der Waals surface area contributed by atoms with Crippen molar-refractivity contribution in [3.63, 3.8) is 0 Å². The minimum absolute atomic E-state index is 0.142. The van der Waals surface area contributed by atoms with E-state index in [0.29, 0.717) is 0 Å². The Labute approximate surface area is 98.8 Å². The average molecular weight is 221 g/mol. The molecule has 0 amide bonds. The molecule has 0 aliphatic carbocycles. The second-order valence-electron chi connectivity index (χ2n) is 6.04. The molecule has 0 spiro atoms. The fraction of sp³-hybridized carbons (Fsp3) is 0.923. The van der Waals surface area contributed by atoms with E-state index in [1.54, 1.807) is 0 Å². The van der Waals surface area contributed by atoms with Crippen molar-refractivity contribution < 1.29 is 0 Å². The van der Waals surface area contributed by atoms with Gasteiger partial charge in [-0.1, -0.05) is 0 Å². The van der Waals surface area contributed by atoms with Crippen molar-refractivity contribution >= 4 is 0 Å². The van der Waals surface area contributed by atoms with E-state index >= 15 is 0 Å². The third-order valence-corrected chi connectivity index (χ3v) is 4.04. The lowest BCUT2D eigenvalue weighted by Crippen LogP contribution is -2.27. The number of nitrogens with one attached hydrogen (secondary N) is 1. The van der Waals surface area contributed by atoms with Crippen LogP contribution in [0.25, 0.3) is 0 Å². The Morgan fingerprint density at radius 1 is 1.31 bits per heavy atom. The van der Waals surface area contributed by atoms with Gasteiger partial charge in [0, 0.05) is 13.1 Å². The van der Waals surface area contributed by atoms with Crippen LogP contribution in [0.5, 0.6) is 0 Å². The van der Waals surface area contributed by atoms with E-state index in [0.717, 1.165) is 24.7 Å². The van der Waals surface area contributed by atoms with Crippen LogP contribution in [0.1, 0.15) is 26.7 Å². The van der Waals surface area contributed by atoms with Gasteiger partial charge in [0.25, 0.3) is 0 Å². The summed E-state index contributed by atoms with van der Waals surface area (Å²) in [5, 5.41) is 12.4. The Morgan fingerprint density at radius 3 is 2.50 bits per heavy atom. The Morgan fingerprint density at radius 2 is 1.94 bits per heavy atom. The predicted octanol–water partition coefficient (Wildman–Crippen LogP) is 1.47. The van der Waals surface area contributed by atoms with Crippen LogP contribution < -0.4 is 5.32 Å². The van der Waals surface area contributed by atoms with Crippen LogP contribution in [0, 0.1) is 28.6 Å². The maximum Gasteiger partial charge on any atom is 0.0683 e. The molecular weight excluding hydrogens is 198 g/mol. The zero-order chi connectivity index (χ0) is 11.6. The van der Waals surface area contributed by atoms with E-state index < -0.39 is 0 Å². The van der Waals surface area contributed by atoms with Gasteiger partial charge in [-0.25, -0.2) is 0 Å². The highest BCUT2D eigenvalue weighted by atomic mass is 15.2. The largest absolute Gasteiger partial charge is 0.316 e. The van der Waals surface area contributed by atoms with Gasteiger partial charge in [-0.3, -0.25) is 0 Å². The van der Waals surface area contributed by atoms with Crippen LogP contribution in [0.2, 0.25) is 0 Å². The van der Waals surface area contributed by atoms with Gasteiger partial charge in [0.15, 0.2) is 0 Å². The molecule has 3 nitrogen and oxygen atoms in total. The summed E-state index contributed by atoms with van der Waals surface area (Å²) in [6.45, 7) is 10.2. The van der Waals surface area contributed by atoms with Gasteiger partial charge in [0.2, 0.25) is 0 Å². The van der Waals surface area contributed by atoms with Crippen LogP contribution in [0.3, 0.4) is 0 Å². The predicted molar refractivity (Wildman–Crippen MR) is 64.9 cm³/mol. The number of hydrogen-bond acceptors (Lipinski definition) is 3. The first-order valence-corrected chi connectivity index (χ1v) is 6.45. The number of hydrogen-bond donors (Lipinski definition) is 1. The number of rotatable bonds is 4. The summed E-state index contributed by atoms with van der Waals surface area (Å²) in [7, 11) is 0. The summed E-state index contributed by atoms with van der Waals surface area (Å²) < 4.78 is 0. The van der Waals surface area contributed by atoms with Crippen molar-refractivity contribution in [3.05, 3.63) is 0 Å². The van der Waals surface area contributed by atoms with E-state index in [2.05, 4.69) is 16.3 Å². The van der Waals surface area contributed by atoms with Crippen LogP contribution >= 0.6 is 0 Å². The lowest BCUT2D eigenvalue weighted by molar-refractivity contribution is 0.288. The maximum absolute atomic E-state index is 8.95. The van der Waals surface area contributed by atoms with Crippen molar-refractivity contribution in [1.29, 1.82) is 5.26 Å². The van der Waals surface area contributed by atoms with Crippen molar-refractivity contribution in [2.45, 2.75) is 26.7 Å². The van der Waals surface area contributed by atoms with Gasteiger partial charge in [0.1, 0.15) is 0 Å². The normalized spacial score (nSPS) is 30.3. The van der Waals surface area contributed by atoms with Crippen LogP contribution in [-0.4, -0.2) is 37.6 Å². The second kappa shape index (κ2) is 4.73. The summed E-state index contributed by atoms with van der Waals surface area (Å²) >= 11 is 0. The first kappa shape index (κ1) is 11.9. The quantitative estimate of drug-likeness (QED) is 0.781. The molecular formula is C13H23N3. The first-order valence-electron chi connectivity index (χ1n) is 6.45.